The molecule has 0 spiro atoms. The van der Waals surface area contributed by atoms with Crippen LogP contribution in [0, 0.1) is 11.3 Å². The molecule has 0 atom stereocenters. The molecule has 11 heavy (non-hydrogen) atoms. The molecule has 0 aromatic carbocycles. The van der Waals surface area contributed by atoms with Crippen molar-refractivity contribution in [2.24, 2.45) is 0 Å². The maximum atomic E-state index is 11.8. The predicted molar refractivity (Wildman–Crippen MR) is 29.1 cm³/mol. The Morgan fingerprint density at radius 2 is 1.64 bits per heavy atom. The van der Waals surface area contributed by atoms with Crippen molar-refractivity contribution in [3.63, 3.8) is 0 Å². The molecule has 0 rings (SSSR count). The van der Waals surface area contributed by atoms with Crippen LogP contribution in [0.5, 0.6) is 0 Å². The van der Waals surface area contributed by atoms with E-state index in [0.29, 0.717) is 0 Å². The van der Waals surface area contributed by atoms with Gasteiger partial charge in [-0.15, -0.1) is 0 Å². The van der Waals surface area contributed by atoms with E-state index >= 15 is 0 Å². The van der Waals surface area contributed by atoms with Crippen molar-refractivity contribution < 1.29 is 22.0 Å². The Bertz CT molecular complexity index is 168. The van der Waals surface area contributed by atoms with Crippen LogP contribution in [0.3, 0.4) is 0 Å². The van der Waals surface area contributed by atoms with Gasteiger partial charge in [0.2, 0.25) is 0 Å². The summed E-state index contributed by atoms with van der Waals surface area (Å²) in [6, 6.07) is 1.18. The van der Waals surface area contributed by atoms with Gasteiger partial charge in [-0.2, -0.15) is 27.2 Å². The molecule has 0 aliphatic carbocycles. The zero-order valence-corrected chi connectivity index (χ0v) is 5.77. The van der Waals surface area contributed by atoms with E-state index in [2.05, 4.69) is 0 Å². The van der Waals surface area contributed by atoms with Gasteiger partial charge in [0.05, 0.1) is 11.8 Å². The van der Waals surface area contributed by atoms with Crippen molar-refractivity contribution in [3.8, 4) is 6.07 Å². The van der Waals surface area contributed by atoms with Crippen LogP contribution < -0.4 is 0 Å². The van der Waals surface area contributed by atoms with Gasteiger partial charge in [-0.3, -0.25) is 0 Å². The van der Waals surface area contributed by atoms with Gasteiger partial charge in [0.25, 0.3) is 0 Å². The number of halogens is 5. The van der Waals surface area contributed by atoms with Gasteiger partial charge in [-0.25, -0.2) is 0 Å². The predicted octanol–water partition coefficient (Wildman–Crippen LogP) is 2.40. The van der Waals surface area contributed by atoms with Gasteiger partial charge in [-0.05, 0) is 0 Å². The van der Waals surface area contributed by atoms with Crippen LogP contribution in [-0.2, 0) is 0 Å². The van der Waals surface area contributed by atoms with Gasteiger partial charge in [0.15, 0.2) is 0 Å². The first-order chi connectivity index (χ1) is 4.81. The molecular formula is C4H2F5NS. The average Bonchev–Trinajstić information content (AvgIpc) is 1.81. The summed E-state index contributed by atoms with van der Waals surface area (Å²) >= 11 is -0.734. The Morgan fingerprint density at radius 1 is 1.18 bits per heavy atom. The van der Waals surface area contributed by atoms with Crippen LogP contribution in [0.4, 0.5) is 22.0 Å². The number of thioether (sulfide) groups is 1. The Labute approximate surface area is 63.2 Å². The second-order valence-electron chi connectivity index (χ2n) is 1.46. The summed E-state index contributed by atoms with van der Waals surface area (Å²) < 4.78 is 57.4. The van der Waals surface area contributed by atoms with Crippen molar-refractivity contribution in [3.05, 3.63) is 0 Å². The highest BCUT2D eigenvalue weighted by molar-refractivity contribution is 8.00. The van der Waals surface area contributed by atoms with Gasteiger partial charge in [-0.1, -0.05) is 11.8 Å². The fourth-order valence-corrected chi connectivity index (χ4v) is 0.614. The quantitative estimate of drug-likeness (QED) is 0.625. The van der Waals surface area contributed by atoms with Gasteiger partial charge in [0, 0.05) is 0 Å². The fraction of sp³-hybridized carbons (Fsp3) is 0.750. The van der Waals surface area contributed by atoms with Crippen molar-refractivity contribution in [1.29, 1.82) is 5.26 Å². The standard InChI is InChI=1S/C4H2F5NS/c5-3(6,7)4(8,9)11-2-1-10/h2H2. The molecule has 1 nitrogen and oxygen atoms in total. The van der Waals surface area contributed by atoms with E-state index < -0.39 is 28.9 Å². The van der Waals surface area contributed by atoms with Crippen LogP contribution in [0.15, 0.2) is 0 Å². The lowest BCUT2D eigenvalue weighted by molar-refractivity contribution is -0.237. The minimum atomic E-state index is -5.57. The lowest BCUT2D eigenvalue weighted by Crippen LogP contribution is -2.33. The monoisotopic (exact) mass is 191 g/mol. The van der Waals surface area contributed by atoms with Crippen molar-refractivity contribution in [2.45, 2.75) is 11.4 Å². The third-order valence-electron chi connectivity index (χ3n) is 0.648. The maximum Gasteiger partial charge on any atom is 0.464 e. The fourth-order valence-electron chi connectivity index (χ4n) is 0.205. The highest BCUT2D eigenvalue weighted by atomic mass is 32.2. The molecule has 0 aliphatic heterocycles. The first kappa shape index (κ1) is 10.5. The van der Waals surface area contributed by atoms with Gasteiger partial charge in [0.1, 0.15) is 0 Å². The first-order valence-corrected chi connectivity index (χ1v) is 3.25. The summed E-state index contributed by atoms with van der Waals surface area (Å²) in [5.74, 6) is -0.882. The summed E-state index contributed by atoms with van der Waals surface area (Å²) in [7, 11) is 0. The van der Waals surface area contributed by atoms with Crippen LogP contribution in [0.25, 0.3) is 0 Å². The van der Waals surface area contributed by atoms with E-state index in [1.807, 2.05) is 0 Å². The Morgan fingerprint density at radius 3 is 1.91 bits per heavy atom. The largest absolute Gasteiger partial charge is 0.464 e. The molecule has 64 valence electrons. The highest BCUT2D eigenvalue weighted by Gasteiger charge is 2.57. The lowest BCUT2D eigenvalue weighted by atomic mass is 10.7. The third-order valence-corrected chi connectivity index (χ3v) is 1.52. The van der Waals surface area contributed by atoms with E-state index in [-0.39, 0.29) is 0 Å². The molecule has 0 unspecified atom stereocenters. The number of nitriles is 1. The topological polar surface area (TPSA) is 23.8 Å². The molecule has 0 saturated heterocycles. The molecule has 0 aromatic heterocycles. The molecule has 0 aliphatic rings. The number of alkyl halides is 5. The van der Waals surface area contributed by atoms with Gasteiger partial charge >= 0.3 is 11.4 Å². The van der Waals surface area contributed by atoms with E-state index in [1.54, 1.807) is 0 Å². The molecule has 0 aromatic rings. The summed E-state index contributed by atoms with van der Waals surface area (Å²) in [6.45, 7) is 0. The lowest BCUT2D eigenvalue weighted by Gasteiger charge is -2.16. The number of hydrogen-bond donors (Lipinski definition) is 0. The summed E-state index contributed by atoms with van der Waals surface area (Å²) in [6.07, 6.45) is -5.57. The SMILES string of the molecule is N#CCSC(F)(F)C(F)(F)F. The zero-order valence-electron chi connectivity index (χ0n) is 4.95. The minimum Gasteiger partial charge on any atom is -0.197 e. The second kappa shape index (κ2) is 3.26. The van der Waals surface area contributed by atoms with Crippen LogP contribution >= 0.6 is 11.8 Å². The van der Waals surface area contributed by atoms with Crippen LogP contribution in [0.1, 0.15) is 0 Å². The maximum absolute atomic E-state index is 11.8. The van der Waals surface area contributed by atoms with E-state index in [0.717, 1.165) is 0 Å². The molecule has 0 radical (unpaired) electrons. The summed E-state index contributed by atoms with van der Waals surface area (Å²) in [5.41, 5.74) is 0. The number of hydrogen-bond acceptors (Lipinski definition) is 2. The van der Waals surface area contributed by atoms with E-state index in [1.165, 1.54) is 6.07 Å². The van der Waals surface area contributed by atoms with Crippen LogP contribution in [0.2, 0.25) is 0 Å². The molecule has 0 N–H and O–H groups in total. The van der Waals surface area contributed by atoms with E-state index in [9.17, 15) is 22.0 Å². The Hall–Kier alpha value is -0.510. The molecule has 0 amide bonds. The molecule has 0 saturated carbocycles. The zero-order chi connectivity index (χ0) is 9.12. The van der Waals surface area contributed by atoms with E-state index in [4.69, 9.17) is 5.26 Å². The number of rotatable bonds is 2. The molecule has 0 fully saturated rings. The summed E-state index contributed by atoms with van der Waals surface area (Å²) in [4.78, 5) is 0. The highest BCUT2D eigenvalue weighted by Crippen LogP contribution is 2.43. The van der Waals surface area contributed by atoms with Crippen molar-refractivity contribution in [2.75, 3.05) is 5.75 Å². The van der Waals surface area contributed by atoms with Gasteiger partial charge < -0.3 is 0 Å². The second-order valence-corrected chi connectivity index (χ2v) is 2.55. The van der Waals surface area contributed by atoms with Crippen molar-refractivity contribution >= 4 is 11.8 Å². The third kappa shape index (κ3) is 2.93. The Balaban J connectivity index is 4.13. The van der Waals surface area contributed by atoms with Crippen LogP contribution in [-0.4, -0.2) is 17.2 Å². The smallest absolute Gasteiger partial charge is 0.197 e. The van der Waals surface area contributed by atoms with Crippen molar-refractivity contribution in [1.82, 2.24) is 0 Å². The Kier molecular flexibility index (Phi) is 3.11. The molecular weight excluding hydrogens is 189 g/mol. The molecule has 0 bridgehead atoms. The molecule has 7 heteroatoms. The normalized spacial score (nSPS) is 12.7. The first-order valence-electron chi connectivity index (χ1n) is 2.26. The summed E-state index contributed by atoms with van der Waals surface area (Å²) in [5, 5.41) is 2.91. The average molecular weight is 191 g/mol. The minimum absolute atomic E-state index is 0.734. The molecule has 0 heterocycles. The number of nitrogens with zero attached hydrogens (tertiary/aromatic N) is 1.